The fraction of sp³-hybridized carbons (Fsp3) is 0.300. The molecule has 0 amide bonds. The number of nitrogens with zero attached hydrogens (tertiary/aromatic N) is 4. The van der Waals surface area contributed by atoms with E-state index in [1.54, 1.807) is 11.8 Å². The highest BCUT2D eigenvalue weighted by molar-refractivity contribution is 8.00. The average Bonchev–Trinajstić information content (AvgIpc) is 3.12. The second-order valence-corrected chi connectivity index (χ2v) is 7.75. The van der Waals surface area contributed by atoms with Gasteiger partial charge >= 0.3 is 0 Å². The minimum atomic E-state index is -0.311. The SMILES string of the molecule is COc1ccc(-n2nnnc2SC(C)C(=O)c2cc(C)c(C)cc2C)cc1. The Kier molecular flexibility index (Phi) is 5.60. The first kappa shape index (κ1) is 19.1. The summed E-state index contributed by atoms with van der Waals surface area (Å²) in [4.78, 5) is 13.0. The first-order valence-electron chi connectivity index (χ1n) is 8.62. The summed E-state index contributed by atoms with van der Waals surface area (Å²) in [6, 6.07) is 11.5. The summed E-state index contributed by atoms with van der Waals surface area (Å²) in [7, 11) is 1.62. The number of tetrazole rings is 1. The van der Waals surface area contributed by atoms with Gasteiger partial charge in [-0.2, -0.15) is 4.68 Å². The Morgan fingerprint density at radius 1 is 1.07 bits per heavy atom. The number of benzene rings is 2. The lowest BCUT2D eigenvalue weighted by Crippen LogP contribution is -2.16. The summed E-state index contributed by atoms with van der Waals surface area (Å²) in [5.74, 6) is 0.833. The first-order chi connectivity index (χ1) is 12.9. The number of ether oxygens (including phenoxy) is 1. The number of carbonyl (C=O) groups excluding carboxylic acids is 1. The van der Waals surface area contributed by atoms with Crippen LogP contribution in [-0.2, 0) is 0 Å². The van der Waals surface area contributed by atoms with Crippen molar-refractivity contribution in [2.45, 2.75) is 38.1 Å². The van der Waals surface area contributed by atoms with Crippen molar-refractivity contribution in [1.29, 1.82) is 0 Å². The highest BCUT2D eigenvalue weighted by atomic mass is 32.2. The fourth-order valence-corrected chi connectivity index (χ4v) is 3.67. The van der Waals surface area contributed by atoms with Crippen LogP contribution in [0.15, 0.2) is 41.6 Å². The zero-order chi connectivity index (χ0) is 19.6. The van der Waals surface area contributed by atoms with Crippen LogP contribution < -0.4 is 4.74 Å². The fourth-order valence-electron chi connectivity index (χ4n) is 2.79. The molecule has 7 heteroatoms. The Labute approximate surface area is 162 Å². The molecule has 2 aromatic carbocycles. The van der Waals surface area contributed by atoms with E-state index >= 15 is 0 Å². The Morgan fingerprint density at radius 3 is 2.41 bits per heavy atom. The van der Waals surface area contributed by atoms with Gasteiger partial charge < -0.3 is 4.74 Å². The lowest BCUT2D eigenvalue weighted by atomic mass is 9.97. The Morgan fingerprint density at radius 2 is 1.74 bits per heavy atom. The number of Topliss-reactive ketones (excluding diaryl/α,β-unsaturated/α-hetero) is 1. The van der Waals surface area contributed by atoms with Gasteiger partial charge in [0, 0.05) is 5.56 Å². The second-order valence-electron chi connectivity index (χ2n) is 6.45. The molecule has 0 aliphatic carbocycles. The molecule has 0 spiro atoms. The smallest absolute Gasteiger partial charge is 0.214 e. The Bertz CT molecular complexity index is 967. The summed E-state index contributed by atoms with van der Waals surface area (Å²) < 4.78 is 6.81. The summed E-state index contributed by atoms with van der Waals surface area (Å²) >= 11 is 1.35. The number of thioether (sulfide) groups is 1. The molecule has 0 N–H and O–H groups in total. The molecule has 6 nitrogen and oxygen atoms in total. The normalized spacial score (nSPS) is 12.0. The van der Waals surface area contributed by atoms with Gasteiger partial charge in [0.15, 0.2) is 5.78 Å². The van der Waals surface area contributed by atoms with Crippen molar-refractivity contribution in [3.05, 3.63) is 58.7 Å². The highest BCUT2D eigenvalue weighted by Gasteiger charge is 2.22. The van der Waals surface area contributed by atoms with Crippen molar-refractivity contribution >= 4 is 17.5 Å². The highest BCUT2D eigenvalue weighted by Crippen LogP contribution is 2.27. The molecule has 0 bridgehead atoms. The lowest BCUT2D eigenvalue weighted by molar-refractivity contribution is 0.0993. The molecule has 3 rings (SSSR count). The molecule has 1 atom stereocenters. The number of aryl methyl sites for hydroxylation is 3. The summed E-state index contributed by atoms with van der Waals surface area (Å²) in [5.41, 5.74) is 4.86. The van der Waals surface area contributed by atoms with Gasteiger partial charge in [0.25, 0.3) is 0 Å². The predicted molar refractivity (Wildman–Crippen MR) is 106 cm³/mol. The number of hydrogen-bond acceptors (Lipinski definition) is 6. The van der Waals surface area contributed by atoms with Gasteiger partial charge in [0.1, 0.15) is 5.75 Å². The zero-order valence-electron chi connectivity index (χ0n) is 16.1. The third kappa shape index (κ3) is 4.03. The molecular weight excluding hydrogens is 360 g/mol. The second kappa shape index (κ2) is 7.92. The van der Waals surface area contributed by atoms with Gasteiger partial charge in [0.2, 0.25) is 5.16 Å². The van der Waals surface area contributed by atoms with Crippen LogP contribution in [0.2, 0.25) is 0 Å². The van der Waals surface area contributed by atoms with Crippen LogP contribution in [0.1, 0.15) is 34.0 Å². The van der Waals surface area contributed by atoms with Crippen LogP contribution in [0.25, 0.3) is 5.69 Å². The molecule has 0 radical (unpaired) electrons. The van der Waals surface area contributed by atoms with Gasteiger partial charge in [0.05, 0.1) is 18.0 Å². The van der Waals surface area contributed by atoms with Crippen molar-refractivity contribution in [1.82, 2.24) is 20.2 Å². The minimum absolute atomic E-state index is 0.0740. The van der Waals surface area contributed by atoms with Crippen LogP contribution in [0.3, 0.4) is 0 Å². The molecule has 0 saturated heterocycles. The van der Waals surface area contributed by atoms with Crippen LogP contribution in [0.4, 0.5) is 0 Å². The van der Waals surface area contributed by atoms with Crippen molar-refractivity contribution < 1.29 is 9.53 Å². The third-order valence-corrected chi connectivity index (χ3v) is 5.55. The number of carbonyl (C=O) groups is 1. The molecule has 3 aromatic rings. The molecule has 0 aliphatic rings. The van der Waals surface area contributed by atoms with Crippen molar-refractivity contribution in [3.63, 3.8) is 0 Å². The summed E-state index contributed by atoms with van der Waals surface area (Å²) in [5, 5.41) is 12.2. The maximum atomic E-state index is 13.0. The molecule has 27 heavy (non-hydrogen) atoms. The van der Waals surface area contributed by atoms with E-state index in [1.807, 2.05) is 51.1 Å². The van der Waals surface area contributed by atoms with Crippen molar-refractivity contribution in [3.8, 4) is 11.4 Å². The quantitative estimate of drug-likeness (QED) is 0.475. The van der Waals surface area contributed by atoms with Crippen molar-refractivity contribution in [2.24, 2.45) is 0 Å². The molecule has 0 aliphatic heterocycles. The van der Waals surface area contributed by atoms with E-state index in [2.05, 4.69) is 28.5 Å². The van der Waals surface area contributed by atoms with Crippen LogP contribution in [0, 0.1) is 20.8 Å². The number of ketones is 1. The van der Waals surface area contributed by atoms with Crippen LogP contribution in [0.5, 0.6) is 5.75 Å². The molecule has 1 aromatic heterocycles. The zero-order valence-corrected chi connectivity index (χ0v) is 16.9. The monoisotopic (exact) mass is 382 g/mol. The molecule has 1 unspecified atom stereocenters. The first-order valence-corrected chi connectivity index (χ1v) is 9.50. The minimum Gasteiger partial charge on any atom is -0.497 e. The lowest BCUT2D eigenvalue weighted by Gasteiger charge is -2.14. The van der Waals surface area contributed by atoms with E-state index in [-0.39, 0.29) is 11.0 Å². The number of methoxy groups -OCH3 is 1. The maximum absolute atomic E-state index is 13.0. The third-order valence-electron chi connectivity index (χ3n) is 4.52. The molecule has 140 valence electrons. The van der Waals surface area contributed by atoms with Gasteiger partial charge in [-0.15, -0.1) is 5.10 Å². The van der Waals surface area contributed by atoms with Gasteiger partial charge in [-0.05, 0) is 85.1 Å². The Hall–Kier alpha value is -2.67. The average molecular weight is 382 g/mol. The van der Waals surface area contributed by atoms with Gasteiger partial charge in [-0.1, -0.05) is 17.8 Å². The van der Waals surface area contributed by atoms with E-state index in [1.165, 1.54) is 17.3 Å². The number of aromatic nitrogens is 4. The molecular formula is C20H22N4O2S. The summed E-state index contributed by atoms with van der Waals surface area (Å²) in [6.07, 6.45) is 0. The largest absolute Gasteiger partial charge is 0.497 e. The van der Waals surface area contributed by atoms with Gasteiger partial charge in [-0.25, -0.2) is 0 Å². The van der Waals surface area contributed by atoms with Crippen LogP contribution in [-0.4, -0.2) is 38.4 Å². The molecule has 0 saturated carbocycles. The maximum Gasteiger partial charge on any atom is 0.214 e. The Balaban J connectivity index is 1.82. The van der Waals surface area contributed by atoms with E-state index in [0.717, 1.165) is 28.1 Å². The van der Waals surface area contributed by atoms with E-state index < -0.39 is 0 Å². The van der Waals surface area contributed by atoms with E-state index in [9.17, 15) is 4.79 Å². The summed E-state index contributed by atoms with van der Waals surface area (Å²) in [6.45, 7) is 7.93. The van der Waals surface area contributed by atoms with E-state index in [0.29, 0.717) is 5.16 Å². The van der Waals surface area contributed by atoms with Crippen molar-refractivity contribution in [2.75, 3.05) is 7.11 Å². The topological polar surface area (TPSA) is 69.9 Å². The number of rotatable bonds is 6. The predicted octanol–water partition coefficient (Wildman–Crippen LogP) is 3.96. The standard InChI is InChI=1S/C20H22N4O2S/c1-12-10-14(3)18(11-13(12)2)19(25)15(4)27-20-21-22-23-24(20)16-6-8-17(26-5)9-7-16/h6-11,15H,1-5H3. The molecule has 1 heterocycles. The van der Waals surface area contributed by atoms with Gasteiger partial charge in [-0.3, -0.25) is 4.79 Å². The van der Waals surface area contributed by atoms with E-state index in [4.69, 9.17) is 4.74 Å². The number of hydrogen-bond donors (Lipinski definition) is 0. The molecule has 0 fully saturated rings. The van der Waals surface area contributed by atoms with Crippen LogP contribution >= 0.6 is 11.8 Å².